The molecule has 168 valence electrons. The number of hydrogen-bond donors (Lipinski definition) is 3. The third-order valence-electron chi connectivity index (χ3n) is 5.16. The lowest BCUT2D eigenvalue weighted by atomic mass is 9.98. The zero-order valence-corrected chi connectivity index (χ0v) is 18.8. The highest BCUT2D eigenvalue weighted by atomic mass is 79.9. The fourth-order valence-electron chi connectivity index (χ4n) is 3.75. The Bertz CT molecular complexity index is 1180. The molecule has 0 heterocycles. The van der Waals surface area contributed by atoms with Gasteiger partial charge in [-0.2, -0.15) is 0 Å². The summed E-state index contributed by atoms with van der Waals surface area (Å²) in [5.74, 6) is -1.96. The summed E-state index contributed by atoms with van der Waals surface area (Å²) in [4.78, 5) is 39.8. The number of hydrogen-bond acceptors (Lipinski definition) is 5. The second-order valence-corrected chi connectivity index (χ2v) is 8.11. The van der Waals surface area contributed by atoms with Gasteiger partial charge in [0.1, 0.15) is 6.61 Å². The monoisotopic (exact) mass is 510 g/mol. The first-order chi connectivity index (χ1) is 15.9. The van der Waals surface area contributed by atoms with Crippen LogP contribution in [0.4, 0.5) is 10.5 Å². The number of fused-ring (bicyclic) bond motifs is 3. The average Bonchev–Trinajstić information content (AvgIpc) is 3.12. The molecule has 0 aromatic heterocycles. The van der Waals surface area contributed by atoms with Gasteiger partial charge in [-0.05, 0) is 56.4 Å². The normalized spacial score (nSPS) is 11.9. The van der Waals surface area contributed by atoms with Crippen LogP contribution in [0, 0.1) is 0 Å². The van der Waals surface area contributed by atoms with Gasteiger partial charge in [-0.1, -0.05) is 48.5 Å². The van der Waals surface area contributed by atoms with Crippen molar-refractivity contribution in [2.24, 2.45) is 0 Å². The van der Waals surface area contributed by atoms with Crippen LogP contribution in [-0.4, -0.2) is 36.3 Å². The summed E-state index contributed by atoms with van der Waals surface area (Å²) in [5, 5.41) is 11.2. The van der Waals surface area contributed by atoms with Crippen molar-refractivity contribution in [2.75, 3.05) is 18.5 Å². The van der Waals surface area contributed by atoms with Crippen LogP contribution >= 0.6 is 15.9 Å². The molecule has 0 aliphatic heterocycles. The van der Waals surface area contributed by atoms with Crippen molar-refractivity contribution < 1.29 is 29.1 Å². The Hall–Kier alpha value is -3.69. The molecule has 33 heavy (non-hydrogen) atoms. The lowest BCUT2D eigenvalue weighted by Gasteiger charge is -2.15. The molecule has 1 aliphatic carbocycles. The number of carbonyl (C=O) groups is 3. The van der Waals surface area contributed by atoms with Crippen LogP contribution < -0.4 is 10.8 Å². The Morgan fingerprint density at radius 1 is 0.939 bits per heavy atom. The Kier molecular flexibility index (Phi) is 6.71. The molecule has 9 heteroatoms. The molecule has 0 bridgehead atoms. The van der Waals surface area contributed by atoms with Crippen molar-refractivity contribution in [1.29, 1.82) is 0 Å². The standard InChI is InChI=1S/C24H19BrN2O6/c25-21-10-9-14(11-19(21)23(30)27-33-13-22(28)29)26-24(31)32-12-20-17-7-3-1-5-15(17)16-6-2-4-8-18(16)20/h1-11,20H,12-13H2,(H,26,31)(H,27,30)(H,28,29). The van der Waals surface area contributed by atoms with Gasteiger partial charge in [0.15, 0.2) is 6.61 Å². The van der Waals surface area contributed by atoms with Crippen molar-refractivity contribution in [1.82, 2.24) is 5.48 Å². The number of rotatable bonds is 7. The number of carboxylic acid groups (broad SMARTS) is 1. The van der Waals surface area contributed by atoms with Gasteiger partial charge in [-0.3, -0.25) is 14.9 Å². The smallest absolute Gasteiger partial charge is 0.411 e. The summed E-state index contributed by atoms with van der Waals surface area (Å²) >= 11 is 3.25. The minimum absolute atomic E-state index is 0.0687. The van der Waals surface area contributed by atoms with Crippen molar-refractivity contribution in [3.05, 3.63) is 87.9 Å². The van der Waals surface area contributed by atoms with Crippen LogP contribution in [0.1, 0.15) is 27.4 Å². The Labute approximate surface area is 197 Å². The maximum Gasteiger partial charge on any atom is 0.411 e. The first-order valence-corrected chi connectivity index (χ1v) is 10.8. The topological polar surface area (TPSA) is 114 Å². The van der Waals surface area contributed by atoms with Crippen LogP contribution in [0.2, 0.25) is 0 Å². The number of anilines is 1. The molecule has 0 unspecified atom stereocenters. The second-order valence-electron chi connectivity index (χ2n) is 7.26. The maximum absolute atomic E-state index is 12.5. The minimum Gasteiger partial charge on any atom is -0.479 e. The molecule has 0 saturated carbocycles. The molecule has 1 aliphatic rings. The molecule has 3 aromatic carbocycles. The van der Waals surface area contributed by atoms with E-state index >= 15 is 0 Å². The van der Waals surface area contributed by atoms with Crippen LogP contribution in [0.5, 0.6) is 0 Å². The van der Waals surface area contributed by atoms with Gasteiger partial charge in [0.25, 0.3) is 5.91 Å². The summed E-state index contributed by atoms with van der Waals surface area (Å²) in [6.45, 7) is -0.520. The Morgan fingerprint density at radius 3 is 2.21 bits per heavy atom. The number of amides is 2. The molecule has 0 spiro atoms. The van der Waals surface area contributed by atoms with Gasteiger partial charge >= 0.3 is 12.1 Å². The zero-order chi connectivity index (χ0) is 23.4. The Balaban J connectivity index is 1.41. The number of benzene rings is 3. The number of carboxylic acids is 1. The predicted octanol–water partition coefficient (Wildman–Crippen LogP) is 4.56. The van der Waals surface area contributed by atoms with Crippen molar-refractivity contribution >= 4 is 39.6 Å². The molecule has 0 radical (unpaired) electrons. The SMILES string of the molecule is O=C(O)CONC(=O)c1cc(NC(=O)OCC2c3ccccc3-c3ccccc32)ccc1Br. The van der Waals surface area contributed by atoms with E-state index in [1.54, 1.807) is 12.1 Å². The lowest BCUT2D eigenvalue weighted by Crippen LogP contribution is -2.27. The highest BCUT2D eigenvalue weighted by Crippen LogP contribution is 2.44. The number of halogens is 1. The molecule has 0 fully saturated rings. The average molecular weight is 511 g/mol. The maximum atomic E-state index is 12.5. The van der Waals surface area contributed by atoms with E-state index in [4.69, 9.17) is 9.84 Å². The highest BCUT2D eigenvalue weighted by Gasteiger charge is 2.29. The van der Waals surface area contributed by atoms with E-state index < -0.39 is 24.6 Å². The number of aliphatic carboxylic acids is 1. The van der Waals surface area contributed by atoms with Gasteiger partial charge in [0.05, 0.1) is 5.56 Å². The number of ether oxygens (including phenoxy) is 1. The van der Waals surface area contributed by atoms with E-state index in [1.165, 1.54) is 6.07 Å². The zero-order valence-electron chi connectivity index (χ0n) is 17.2. The van der Waals surface area contributed by atoms with Crippen LogP contribution in [0.15, 0.2) is 71.2 Å². The summed E-state index contributed by atoms with van der Waals surface area (Å²) in [7, 11) is 0. The van der Waals surface area contributed by atoms with E-state index in [1.807, 2.05) is 41.9 Å². The predicted molar refractivity (Wildman–Crippen MR) is 124 cm³/mol. The third-order valence-corrected chi connectivity index (χ3v) is 5.85. The summed E-state index contributed by atoms with van der Waals surface area (Å²) < 4.78 is 5.95. The largest absolute Gasteiger partial charge is 0.479 e. The fourth-order valence-corrected chi connectivity index (χ4v) is 4.17. The van der Waals surface area contributed by atoms with Crippen molar-refractivity contribution in [2.45, 2.75) is 5.92 Å². The summed E-state index contributed by atoms with van der Waals surface area (Å²) in [6.07, 6.45) is -0.660. The molecular formula is C24H19BrN2O6. The first-order valence-electron chi connectivity index (χ1n) is 9.99. The number of nitrogens with one attached hydrogen (secondary N) is 2. The van der Waals surface area contributed by atoms with Crippen LogP contribution in [0.25, 0.3) is 11.1 Å². The minimum atomic E-state index is -1.22. The Morgan fingerprint density at radius 2 is 1.58 bits per heavy atom. The molecule has 3 N–H and O–H groups in total. The summed E-state index contributed by atoms with van der Waals surface area (Å²) in [5.41, 5.74) is 7.00. The van der Waals surface area contributed by atoms with E-state index in [9.17, 15) is 14.4 Å². The first kappa shape index (κ1) is 22.5. The number of hydroxylamine groups is 1. The molecule has 8 nitrogen and oxygen atoms in total. The summed E-state index contributed by atoms with van der Waals surface area (Å²) in [6, 6.07) is 20.7. The van der Waals surface area contributed by atoms with E-state index in [0.29, 0.717) is 10.2 Å². The lowest BCUT2D eigenvalue weighted by molar-refractivity contribution is -0.144. The second kappa shape index (κ2) is 9.85. The molecule has 2 amide bonds. The molecular weight excluding hydrogens is 492 g/mol. The molecule has 4 rings (SSSR count). The van der Waals surface area contributed by atoms with E-state index in [2.05, 4.69) is 38.2 Å². The van der Waals surface area contributed by atoms with Gasteiger partial charge < -0.3 is 9.84 Å². The molecule has 0 atom stereocenters. The van der Waals surface area contributed by atoms with E-state index in [0.717, 1.165) is 22.3 Å². The fraction of sp³-hybridized carbons (Fsp3) is 0.125. The quantitative estimate of drug-likeness (QED) is 0.401. The van der Waals surface area contributed by atoms with Crippen LogP contribution in [-0.2, 0) is 14.4 Å². The molecule has 0 saturated heterocycles. The van der Waals surface area contributed by atoms with E-state index in [-0.39, 0.29) is 18.1 Å². The van der Waals surface area contributed by atoms with Crippen molar-refractivity contribution in [3.8, 4) is 11.1 Å². The van der Waals surface area contributed by atoms with Crippen LogP contribution in [0.3, 0.4) is 0 Å². The van der Waals surface area contributed by atoms with Gasteiger partial charge in [-0.15, -0.1) is 0 Å². The van der Waals surface area contributed by atoms with Crippen molar-refractivity contribution in [3.63, 3.8) is 0 Å². The molecule has 3 aromatic rings. The van der Waals surface area contributed by atoms with Gasteiger partial charge in [0.2, 0.25) is 0 Å². The van der Waals surface area contributed by atoms with Gasteiger partial charge in [-0.25, -0.2) is 15.1 Å². The van der Waals surface area contributed by atoms with Gasteiger partial charge in [0, 0.05) is 16.1 Å². The highest BCUT2D eigenvalue weighted by molar-refractivity contribution is 9.10. The number of carbonyl (C=O) groups excluding carboxylic acids is 2. The third kappa shape index (κ3) is 5.05.